The fraction of sp³-hybridized carbons (Fsp3) is 0.583. The van der Waals surface area contributed by atoms with Crippen LogP contribution in [0, 0.1) is 33.0 Å². The van der Waals surface area contributed by atoms with Crippen LogP contribution in [0.2, 0.25) is 0 Å². The molecule has 2 aliphatic heterocycles. The molecule has 2 heterocycles. The normalized spacial score (nSPS) is 34.3. The Bertz CT molecular complexity index is 2240. The zero-order valence-electron chi connectivity index (χ0n) is 36.4. The van der Waals surface area contributed by atoms with Gasteiger partial charge in [0.15, 0.2) is 5.76 Å². The second-order valence-corrected chi connectivity index (χ2v) is 19.7. The van der Waals surface area contributed by atoms with E-state index in [1.165, 1.54) is 5.57 Å². The van der Waals surface area contributed by atoms with Crippen molar-refractivity contribution < 1.29 is 43.3 Å². The maximum atomic E-state index is 14.0. The molecule has 61 heavy (non-hydrogen) atoms. The molecule has 7 aliphatic rings. The van der Waals surface area contributed by atoms with Gasteiger partial charge in [0.05, 0.1) is 37.6 Å². The van der Waals surface area contributed by atoms with Gasteiger partial charge in [-0.15, -0.1) is 0 Å². The number of imide groups is 2. The molecule has 8 rings (SSSR count). The van der Waals surface area contributed by atoms with E-state index in [4.69, 9.17) is 9.47 Å². The minimum absolute atomic E-state index is 0.0416. The number of aliphatic hydroxyl groups is 1. The first-order chi connectivity index (χ1) is 28.9. The number of hydrogen-bond donors (Lipinski definition) is 4. The zero-order chi connectivity index (χ0) is 43.7. The van der Waals surface area contributed by atoms with Gasteiger partial charge in [-0.1, -0.05) is 58.4 Å². The van der Waals surface area contributed by atoms with Crippen molar-refractivity contribution in [3.63, 3.8) is 0 Å². The van der Waals surface area contributed by atoms with E-state index in [-0.39, 0.29) is 63.1 Å². The predicted molar refractivity (Wildman–Crippen MR) is 227 cm³/mol. The Morgan fingerprint density at radius 2 is 1.61 bits per heavy atom. The molecule has 0 radical (unpaired) electrons. The number of nitrogens with zero attached hydrogens (tertiary/aromatic N) is 1. The number of nitrogens with one attached hydrogen (secondary N) is 3. The number of aliphatic hydroxyl groups excluding tert-OH is 1. The molecule has 0 bridgehead atoms. The van der Waals surface area contributed by atoms with Gasteiger partial charge in [0.1, 0.15) is 6.04 Å². The largest absolute Gasteiger partial charge is 0.504 e. The number of allylic oxidation sites excluding steroid dienone is 7. The average molecular weight is 837 g/mol. The number of benzene rings is 1. The van der Waals surface area contributed by atoms with Crippen LogP contribution in [0.1, 0.15) is 120 Å². The predicted octanol–water partition coefficient (Wildman–Crippen LogP) is 6.28. The van der Waals surface area contributed by atoms with Crippen LogP contribution in [0.5, 0.6) is 0 Å². The van der Waals surface area contributed by atoms with E-state index in [0.717, 1.165) is 61.0 Å². The highest BCUT2D eigenvalue weighted by Gasteiger charge is 2.67. The number of fused-ring (bicyclic) bond motifs is 8. The molecule has 7 atom stereocenters. The standard InChI is InChI=1S/C48H60N4O9/c1-28-29-10-12-35-46(4,31(29)26-34(53)39(28)55)17-19-48(6)36-27-45(3,15-14-44(36,2)16-18-47(35,48)5)43(59)50-21-23-61-25-24-60-22-20-49-32-9-7-8-30-38(32)42(58)52(41(30)57)33-11-13-37(54)51-40(33)56/h7-10,12,26,33,36,49,55H,11,13-25,27H2,1-6H3,(H,50,59)(H,51,54,56)/t33?,36-,44-,45-,46+,47-,48+/m1/s1. The number of hydrogen-bond acceptors (Lipinski definition) is 10. The summed E-state index contributed by atoms with van der Waals surface area (Å²) >= 11 is 0. The molecule has 326 valence electrons. The third-order valence-corrected chi connectivity index (χ3v) is 16.4. The minimum Gasteiger partial charge on any atom is -0.504 e. The van der Waals surface area contributed by atoms with E-state index in [1.54, 1.807) is 24.3 Å². The van der Waals surface area contributed by atoms with Crippen LogP contribution in [0.15, 0.2) is 64.5 Å². The average Bonchev–Trinajstić information content (AvgIpc) is 3.48. The second kappa shape index (κ2) is 15.5. The summed E-state index contributed by atoms with van der Waals surface area (Å²) in [5.74, 6) is -2.25. The molecule has 13 nitrogen and oxygen atoms in total. The molecule has 4 N–H and O–H groups in total. The summed E-state index contributed by atoms with van der Waals surface area (Å²) < 4.78 is 11.5. The number of anilines is 1. The van der Waals surface area contributed by atoms with Gasteiger partial charge in [0, 0.05) is 41.6 Å². The Kier molecular flexibility index (Phi) is 10.9. The molecule has 5 aliphatic carbocycles. The number of ketones is 1. The van der Waals surface area contributed by atoms with E-state index < -0.39 is 35.1 Å². The van der Waals surface area contributed by atoms with Gasteiger partial charge in [0.25, 0.3) is 11.8 Å². The molecule has 13 heteroatoms. The lowest BCUT2D eigenvalue weighted by atomic mass is 9.34. The zero-order valence-corrected chi connectivity index (χ0v) is 36.4. The summed E-state index contributed by atoms with van der Waals surface area (Å²) in [6.07, 6.45) is 13.0. The van der Waals surface area contributed by atoms with Crippen LogP contribution in [0.25, 0.3) is 0 Å². The van der Waals surface area contributed by atoms with E-state index in [0.29, 0.717) is 56.7 Å². The molecule has 5 amide bonds. The maximum absolute atomic E-state index is 14.0. The first-order valence-electron chi connectivity index (χ1n) is 22.0. The lowest BCUT2D eigenvalue weighted by molar-refractivity contribution is -0.169. The minimum atomic E-state index is -1.03. The molecule has 1 unspecified atom stereocenters. The van der Waals surface area contributed by atoms with Gasteiger partial charge in [-0.25, -0.2) is 0 Å². The molecule has 1 aromatic carbocycles. The quantitative estimate of drug-likeness (QED) is 0.138. The number of rotatable bonds is 12. The van der Waals surface area contributed by atoms with Crippen molar-refractivity contribution in [1.82, 2.24) is 15.5 Å². The van der Waals surface area contributed by atoms with Gasteiger partial charge in [-0.3, -0.25) is 39.0 Å². The topological polar surface area (TPSA) is 180 Å². The fourth-order valence-electron chi connectivity index (χ4n) is 12.4. The SMILES string of the molecule is CC1=C(O)C(=O)C=C2C1=CC=C1[C@@]2(C)CC[C@@]2(C)[C@@H]3C[C@](C)(C(=O)NCCOCCOCCNc4cccc5c4C(=O)N(C4CCC(=O)NC4=O)C5=O)CC[C@]3(C)CC[C@]12C. The van der Waals surface area contributed by atoms with Crippen LogP contribution in [-0.2, 0) is 28.7 Å². The Balaban J connectivity index is 0.801. The van der Waals surface area contributed by atoms with Gasteiger partial charge in [0.2, 0.25) is 23.5 Å². The third-order valence-electron chi connectivity index (χ3n) is 16.4. The Labute approximate surface area is 357 Å². The molecular formula is C48H60N4O9. The van der Waals surface area contributed by atoms with Crippen molar-refractivity contribution in [1.29, 1.82) is 0 Å². The fourth-order valence-corrected chi connectivity index (χ4v) is 12.4. The van der Waals surface area contributed by atoms with Crippen LogP contribution < -0.4 is 16.0 Å². The molecule has 0 spiro atoms. The third kappa shape index (κ3) is 6.81. The first-order valence-corrected chi connectivity index (χ1v) is 22.0. The molecule has 0 aromatic heterocycles. The number of ether oxygens (including phenoxy) is 2. The Morgan fingerprint density at radius 1 is 0.885 bits per heavy atom. The van der Waals surface area contributed by atoms with Crippen LogP contribution in [-0.4, -0.2) is 90.9 Å². The summed E-state index contributed by atoms with van der Waals surface area (Å²) in [6.45, 7) is 15.7. The van der Waals surface area contributed by atoms with Crippen molar-refractivity contribution in [2.75, 3.05) is 44.8 Å². The van der Waals surface area contributed by atoms with Crippen molar-refractivity contribution >= 4 is 41.0 Å². The van der Waals surface area contributed by atoms with Crippen molar-refractivity contribution in [3.05, 3.63) is 75.6 Å². The summed E-state index contributed by atoms with van der Waals surface area (Å²) in [7, 11) is 0. The van der Waals surface area contributed by atoms with Gasteiger partial charge >= 0.3 is 0 Å². The molecular weight excluding hydrogens is 777 g/mol. The number of carbonyl (C=O) groups is 6. The number of carbonyl (C=O) groups excluding carboxylic acids is 6. The monoisotopic (exact) mass is 836 g/mol. The van der Waals surface area contributed by atoms with Crippen molar-refractivity contribution in [2.45, 2.75) is 105 Å². The lowest BCUT2D eigenvalue weighted by Crippen LogP contribution is -2.62. The first kappa shape index (κ1) is 42.8. The van der Waals surface area contributed by atoms with Crippen molar-refractivity contribution in [3.8, 4) is 0 Å². The highest BCUT2D eigenvalue weighted by Crippen LogP contribution is 2.75. The second-order valence-electron chi connectivity index (χ2n) is 19.7. The van der Waals surface area contributed by atoms with Crippen molar-refractivity contribution in [2.24, 2.45) is 33.0 Å². The van der Waals surface area contributed by atoms with Crippen LogP contribution in [0.4, 0.5) is 5.69 Å². The van der Waals surface area contributed by atoms with E-state index in [1.807, 2.05) is 6.92 Å². The van der Waals surface area contributed by atoms with Gasteiger partial charge in [-0.2, -0.15) is 0 Å². The summed E-state index contributed by atoms with van der Waals surface area (Å²) in [5.41, 5.74) is 4.11. The summed E-state index contributed by atoms with van der Waals surface area (Å²) in [5, 5.41) is 19.0. The maximum Gasteiger partial charge on any atom is 0.264 e. The Hall–Kier alpha value is -4.88. The highest BCUT2D eigenvalue weighted by atomic mass is 16.5. The Morgan fingerprint density at radius 3 is 2.34 bits per heavy atom. The molecule has 4 fully saturated rings. The van der Waals surface area contributed by atoms with E-state index in [9.17, 15) is 33.9 Å². The van der Waals surface area contributed by atoms with Gasteiger partial charge < -0.3 is 25.2 Å². The summed E-state index contributed by atoms with van der Waals surface area (Å²) in [6, 6.07) is 3.90. The van der Waals surface area contributed by atoms with Crippen LogP contribution in [0.3, 0.4) is 0 Å². The molecule has 3 saturated carbocycles. The molecule has 1 saturated heterocycles. The lowest BCUT2D eigenvalue weighted by Gasteiger charge is -2.70. The molecule has 1 aromatic rings. The van der Waals surface area contributed by atoms with Crippen LogP contribution >= 0.6 is 0 Å². The van der Waals surface area contributed by atoms with Gasteiger partial charge in [-0.05, 0) is 110 Å². The van der Waals surface area contributed by atoms with E-state index >= 15 is 0 Å². The summed E-state index contributed by atoms with van der Waals surface area (Å²) in [4.78, 5) is 78.3. The number of piperidine rings is 1. The van der Waals surface area contributed by atoms with E-state index in [2.05, 4.69) is 62.7 Å². The highest BCUT2D eigenvalue weighted by molar-refractivity contribution is 6.25. The number of amides is 5. The smallest absolute Gasteiger partial charge is 0.264 e.